The van der Waals surface area contributed by atoms with Crippen LogP contribution < -0.4 is 5.56 Å². The minimum Gasteiger partial charge on any atom is -0.342 e. The highest BCUT2D eigenvalue weighted by atomic mass is 32.1. The molecule has 0 atom stereocenters. The van der Waals surface area contributed by atoms with E-state index in [1.165, 1.54) is 6.07 Å². The first-order valence-corrected chi connectivity index (χ1v) is 11.8. The summed E-state index contributed by atoms with van der Waals surface area (Å²) in [6.07, 6.45) is 3.68. The summed E-state index contributed by atoms with van der Waals surface area (Å²) >= 11 is 1.61. The summed E-state index contributed by atoms with van der Waals surface area (Å²) in [7, 11) is 0. The van der Waals surface area contributed by atoms with Crippen molar-refractivity contribution in [2.24, 2.45) is 0 Å². The lowest BCUT2D eigenvalue weighted by molar-refractivity contribution is -0.131. The number of rotatable bonds is 4. The van der Waals surface area contributed by atoms with Gasteiger partial charge < -0.3 is 4.90 Å². The van der Waals surface area contributed by atoms with Crippen molar-refractivity contribution in [3.05, 3.63) is 62.3 Å². The second-order valence-electron chi connectivity index (χ2n) is 8.76. The Hall–Kier alpha value is -2.54. The van der Waals surface area contributed by atoms with Gasteiger partial charge >= 0.3 is 0 Å². The highest BCUT2D eigenvalue weighted by molar-refractivity contribution is 7.18. The number of hydrogen-bond acceptors (Lipinski definition) is 4. The van der Waals surface area contributed by atoms with Crippen LogP contribution in [0.2, 0.25) is 0 Å². The van der Waals surface area contributed by atoms with E-state index in [2.05, 4.69) is 0 Å². The van der Waals surface area contributed by atoms with Crippen molar-refractivity contribution in [2.75, 3.05) is 13.1 Å². The van der Waals surface area contributed by atoms with Gasteiger partial charge in [-0.1, -0.05) is 18.2 Å². The Balaban J connectivity index is 1.38. The first-order valence-electron chi connectivity index (χ1n) is 11.0. The summed E-state index contributed by atoms with van der Waals surface area (Å²) < 4.78 is 15.9. The summed E-state index contributed by atoms with van der Waals surface area (Å²) in [5, 5.41) is 0.755. The molecular weight excluding hydrogens is 413 g/mol. The maximum Gasteiger partial charge on any atom is 0.262 e. The van der Waals surface area contributed by atoms with Gasteiger partial charge in [-0.05, 0) is 56.7 Å². The Kier molecular flexibility index (Phi) is 5.16. The first kappa shape index (κ1) is 20.4. The molecule has 31 heavy (non-hydrogen) atoms. The van der Waals surface area contributed by atoms with E-state index in [0.717, 1.165) is 52.2 Å². The predicted octanol–water partition coefficient (Wildman–Crippen LogP) is 4.50. The largest absolute Gasteiger partial charge is 0.342 e. The van der Waals surface area contributed by atoms with Crippen molar-refractivity contribution in [3.63, 3.8) is 0 Å². The molecule has 1 aliphatic heterocycles. The molecule has 0 radical (unpaired) electrons. The molecule has 1 aromatic carbocycles. The molecule has 3 aromatic rings. The highest BCUT2D eigenvalue weighted by Crippen LogP contribution is 2.41. The molecule has 1 saturated heterocycles. The van der Waals surface area contributed by atoms with Crippen LogP contribution in [0, 0.1) is 19.7 Å². The average molecular weight is 440 g/mol. The highest BCUT2D eigenvalue weighted by Gasteiger charge is 2.34. The molecule has 0 bridgehead atoms. The van der Waals surface area contributed by atoms with Gasteiger partial charge in [0.25, 0.3) is 5.56 Å². The van der Waals surface area contributed by atoms with Gasteiger partial charge in [-0.25, -0.2) is 9.37 Å². The van der Waals surface area contributed by atoms with Gasteiger partial charge in [-0.3, -0.25) is 14.2 Å². The molecule has 0 unspecified atom stereocenters. The number of benzene rings is 1. The Bertz CT molecular complexity index is 1220. The van der Waals surface area contributed by atoms with Crippen LogP contribution in [0.3, 0.4) is 0 Å². The summed E-state index contributed by atoms with van der Waals surface area (Å²) in [5.74, 6) is 0.902. The topological polar surface area (TPSA) is 55.2 Å². The summed E-state index contributed by atoms with van der Waals surface area (Å²) in [4.78, 5) is 35.0. The van der Waals surface area contributed by atoms with Gasteiger partial charge in [0.2, 0.25) is 5.91 Å². The smallest absolute Gasteiger partial charge is 0.262 e. The number of likely N-dealkylation sites (tertiary alicyclic amines) is 1. The number of piperidine rings is 1. The molecule has 3 heterocycles. The number of carbonyl (C=O) groups excluding carboxylic acids is 1. The van der Waals surface area contributed by atoms with E-state index >= 15 is 0 Å². The molecule has 7 heteroatoms. The molecule has 0 spiro atoms. The maximum absolute atomic E-state index is 13.9. The van der Waals surface area contributed by atoms with Crippen LogP contribution in [-0.2, 0) is 11.2 Å². The predicted molar refractivity (Wildman–Crippen MR) is 120 cm³/mol. The first-order chi connectivity index (χ1) is 14.9. The zero-order chi connectivity index (χ0) is 21.7. The van der Waals surface area contributed by atoms with E-state index in [-0.39, 0.29) is 29.7 Å². The summed E-state index contributed by atoms with van der Waals surface area (Å²) in [5.41, 5.74) is 1.54. The molecular formula is C24H26FN3O2S. The quantitative estimate of drug-likeness (QED) is 0.602. The summed E-state index contributed by atoms with van der Waals surface area (Å²) in [6, 6.07) is 6.48. The zero-order valence-corrected chi connectivity index (χ0v) is 18.7. The Morgan fingerprint density at radius 1 is 1.16 bits per heavy atom. The Labute approximate surface area is 184 Å². The third-order valence-corrected chi connectivity index (χ3v) is 7.79. The number of amides is 1. The monoisotopic (exact) mass is 439 g/mol. The second kappa shape index (κ2) is 7.86. The number of thiophene rings is 1. The van der Waals surface area contributed by atoms with Gasteiger partial charge in [0.05, 0.1) is 11.8 Å². The molecule has 1 amide bonds. The number of aryl methyl sites for hydroxylation is 2. The van der Waals surface area contributed by atoms with E-state index < -0.39 is 0 Å². The Morgan fingerprint density at radius 2 is 1.87 bits per heavy atom. The van der Waals surface area contributed by atoms with Crippen LogP contribution in [0.15, 0.2) is 29.1 Å². The lowest BCUT2D eigenvalue weighted by atomic mass is 10.0. The van der Waals surface area contributed by atoms with Crippen molar-refractivity contribution in [1.29, 1.82) is 0 Å². The third-order valence-electron chi connectivity index (χ3n) is 6.69. The van der Waals surface area contributed by atoms with E-state index in [4.69, 9.17) is 4.98 Å². The van der Waals surface area contributed by atoms with Gasteiger partial charge in [0, 0.05) is 29.9 Å². The van der Waals surface area contributed by atoms with E-state index in [1.54, 1.807) is 34.4 Å². The lowest BCUT2D eigenvalue weighted by Gasteiger charge is -2.34. The number of carbonyl (C=O) groups is 1. The third kappa shape index (κ3) is 3.69. The van der Waals surface area contributed by atoms with E-state index in [0.29, 0.717) is 24.6 Å². The molecule has 0 N–H and O–H groups in total. The molecule has 1 aliphatic carbocycles. The van der Waals surface area contributed by atoms with Gasteiger partial charge in [0.15, 0.2) is 0 Å². The number of hydrogen-bond donors (Lipinski definition) is 0. The molecule has 162 valence electrons. The number of halogens is 1. The van der Waals surface area contributed by atoms with Crippen LogP contribution >= 0.6 is 11.3 Å². The molecule has 5 rings (SSSR count). The molecule has 1 saturated carbocycles. The summed E-state index contributed by atoms with van der Waals surface area (Å²) in [6.45, 7) is 5.20. The molecule has 2 fully saturated rings. The minimum absolute atomic E-state index is 0.0529. The average Bonchev–Trinajstić information content (AvgIpc) is 3.56. The molecule has 2 aromatic heterocycles. The molecule has 5 nitrogen and oxygen atoms in total. The fourth-order valence-electron chi connectivity index (χ4n) is 4.59. The number of nitrogens with zero attached hydrogens (tertiary/aromatic N) is 3. The standard InChI is InChI=1S/C24H26FN3O2S/c1-14-15(2)31-23-21(14)24(30)28(22(26-23)16-7-8-16)18-9-11-27(12-10-18)20(29)13-17-5-3-4-6-19(17)25/h3-6,16,18H,7-13H2,1-2H3. The van der Waals surface area contributed by atoms with Crippen LogP contribution in [0.4, 0.5) is 4.39 Å². The van der Waals surface area contributed by atoms with Gasteiger partial charge in [-0.15, -0.1) is 11.3 Å². The maximum atomic E-state index is 13.9. The van der Waals surface area contributed by atoms with E-state index in [9.17, 15) is 14.0 Å². The van der Waals surface area contributed by atoms with Crippen molar-refractivity contribution in [1.82, 2.24) is 14.5 Å². The lowest BCUT2D eigenvalue weighted by Crippen LogP contribution is -2.42. The SMILES string of the molecule is Cc1sc2nc(C3CC3)n(C3CCN(C(=O)Cc4ccccc4F)CC3)c(=O)c2c1C. The zero-order valence-electron chi connectivity index (χ0n) is 17.9. The van der Waals surface area contributed by atoms with Gasteiger partial charge in [0.1, 0.15) is 16.5 Å². The molecule has 2 aliphatic rings. The van der Waals surface area contributed by atoms with Crippen molar-refractivity contribution >= 4 is 27.5 Å². The van der Waals surface area contributed by atoms with Crippen LogP contribution in [-0.4, -0.2) is 33.4 Å². The normalized spacial score (nSPS) is 17.5. The fourth-order valence-corrected chi connectivity index (χ4v) is 5.62. The van der Waals surface area contributed by atoms with Gasteiger partial charge in [-0.2, -0.15) is 0 Å². The van der Waals surface area contributed by atoms with E-state index in [1.807, 2.05) is 18.4 Å². The van der Waals surface area contributed by atoms with Crippen LogP contribution in [0.25, 0.3) is 10.2 Å². The van der Waals surface area contributed by atoms with Crippen molar-refractivity contribution in [3.8, 4) is 0 Å². The van der Waals surface area contributed by atoms with Crippen LogP contribution in [0.1, 0.15) is 59.5 Å². The minimum atomic E-state index is -0.341. The number of fused-ring (bicyclic) bond motifs is 1. The Morgan fingerprint density at radius 3 is 2.55 bits per heavy atom. The second-order valence-corrected chi connectivity index (χ2v) is 9.97. The fraction of sp³-hybridized carbons (Fsp3) is 0.458. The van der Waals surface area contributed by atoms with Crippen LogP contribution in [0.5, 0.6) is 0 Å². The van der Waals surface area contributed by atoms with Crippen molar-refractivity contribution in [2.45, 2.75) is 57.9 Å². The number of aromatic nitrogens is 2. The van der Waals surface area contributed by atoms with Crippen molar-refractivity contribution < 1.29 is 9.18 Å².